The van der Waals surface area contributed by atoms with Crippen LogP contribution in [0.3, 0.4) is 0 Å². The average Bonchev–Trinajstić information content (AvgIpc) is 2.58. The number of carboxylic acids is 1. The Morgan fingerprint density at radius 3 is 2.46 bits per heavy atom. The molecule has 2 atom stereocenters. The summed E-state index contributed by atoms with van der Waals surface area (Å²) < 4.78 is 10.6. The number of phenols is 1. The van der Waals surface area contributed by atoms with Crippen LogP contribution in [0.2, 0.25) is 0 Å². The zero-order valence-corrected chi connectivity index (χ0v) is 13.0. The highest BCUT2D eigenvalue weighted by molar-refractivity contribution is 5.79. The van der Waals surface area contributed by atoms with Crippen molar-refractivity contribution in [3.05, 3.63) is 66.2 Å². The summed E-state index contributed by atoms with van der Waals surface area (Å²) in [4.78, 5) is 10.8. The number of hydrogen-bond acceptors (Lipinski definition) is 5. The van der Waals surface area contributed by atoms with E-state index in [-0.39, 0.29) is 11.5 Å². The van der Waals surface area contributed by atoms with Crippen LogP contribution in [0, 0.1) is 0 Å². The number of methoxy groups -OCH3 is 1. The molecule has 0 radical (unpaired) electrons. The van der Waals surface area contributed by atoms with Crippen LogP contribution in [0.25, 0.3) is 0 Å². The number of para-hydroxylation sites is 1. The average molecular weight is 330 g/mol. The SMILES string of the molecule is COc1ccc([C@@H](O)[C@@H](/C=C/C(=O)O)Oc2ccccc2)cc1O. The lowest BCUT2D eigenvalue weighted by atomic mass is 10.0. The first-order valence-corrected chi connectivity index (χ1v) is 7.19. The van der Waals surface area contributed by atoms with Gasteiger partial charge in [0.05, 0.1) is 7.11 Å². The Bertz CT molecular complexity index is 711. The van der Waals surface area contributed by atoms with Crippen LogP contribution in [-0.4, -0.2) is 34.5 Å². The summed E-state index contributed by atoms with van der Waals surface area (Å²) in [6.45, 7) is 0. The smallest absolute Gasteiger partial charge is 0.328 e. The molecular weight excluding hydrogens is 312 g/mol. The summed E-state index contributed by atoms with van der Waals surface area (Å²) in [6, 6.07) is 13.2. The zero-order chi connectivity index (χ0) is 17.5. The van der Waals surface area contributed by atoms with Gasteiger partial charge in [0.15, 0.2) is 11.5 Å². The molecule has 2 rings (SSSR count). The van der Waals surface area contributed by atoms with Crippen LogP contribution >= 0.6 is 0 Å². The van der Waals surface area contributed by atoms with E-state index in [9.17, 15) is 15.0 Å². The normalized spacial score (nSPS) is 13.4. The van der Waals surface area contributed by atoms with Crippen LogP contribution < -0.4 is 9.47 Å². The maximum atomic E-state index is 10.8. The highest BCUT2D eigenvalue weighted by Crippen LogP contribution is 2.31. The molecule has 0 bridgehead atoms. The number of rotatable bonds is 7. The van der Waals surface area contributed by atoms with Gasteiger partial charge < -0.3 is 24.8 Å². The minimum Gasteiger partial charge on any atom is -0.504 e. The number of aliphatic carboxylic acids is 1. The second-order valence-electron chi connectivity index (χ2n) is 4.97. The van der Waals surface area contributed by atoms with Crippen molar-refractivity contribution in [3.8, 4) is 17.2 Å². The minimum absolute atomic E-state index is 0.130. The van der Waals surface area contributed by atoms with E-state index < -0.39 is 18.2 Å². The minimum atomic E-state index is -1.18. The number of carbonyl (C=O) groups is 1. The molecule has 0 heterocycles. The van der Waals surface area contributed by atoms with Crippen LogP contribution in [-0.2, 0) is 4.79 Å². The van der Waals surface area contributed by atoms with Crippen LogP contribution in [0.4, 0.5) is 0 Å². The quantitative estimate of drug-likeness (QED) is 0.675. The fraction of sp³-hybridized carbons (Fsp3) is 0.167. The van der Waals surface area contributed by atoms with Gasteiger partial charge >= 0.3 is 5.97 Å². The number of aliphatic hydroxyl groups is 1. The van der Waals surface area contributed by atoms with E-state index in [2.05, 4.69) is 0 Å². The predicted molar refractivity (Wildman–Crippen MR) is 87.3 cm³/mol. The van der Waals surface area contributed by atoms with E-state index in [4.69, 9.17) is 14.6 Å². The van der Waals surface area contributed by atoms with Crippen LogP contribution in [0.1, 0.15) is 11.7 Å². The first kappa shape index (κ1) is 17.4. The van der Waals surface area contributed by atoms with Crippen molar-refractivity contribution in [2.24, 2.45) is 0 Å². The lowest BCUT2D eigenvalue weighted by Crippen LogP contribution is -2.23. The molecule has 2 aromatic rings. The van der Waals surface area contributed by atoms with Gasteiger partial charge in [0.1, 0.15) is 18.0 Å². The third-order valence-electron chi connectivity index (χ3n) is 3.30. The molecule has 0 fully saturated rings. The molecule has 24 heavy (non-hydrogen) atoms. The summed E-state index contributed by atoms with van der Waals surface area (Å²) >= 11 is 0. The van der Waals surface area contributed by atoms with E-state index in [1.54, 1.807) is 30.3 Å². The molecule has 0 unspecified atom stereocenters. The van der Waals surface area contributed by atoms with Gasteiger partial charge in [-0.25, -0.2) is 4.79 Å². The van der Waals surface area contributed by atoms with E-state index >= 15 is 0 Å². The molecule has 126 valence electrons. The van der Waals surface area contributed by atoms with Gasteiger partial charge in [-0.3, -0.25) is 0 Å². The van der Waals surface area contributed by atoms with Crippen molar-refractivity contribution in [2.45, 2.75) is 12.2 Å². The number of aromatic hydroxyl groups is 1. The molecular formula is C18H18O6. The highest BCUT2D eigenvalue weighted by atomic mass is 16.5. The van der Waals surface area contributed by atoms with Gasteiger partial charge in [-0.2, -0.15) is 0 Å². The Balaban J connectivity index is 2.27. The second kappa shape index (κ2) is 8.03. The molecule has 2 aromatic carbocycles. The number of aliphatic hydroxyl groups excluding tert-OH is 1. The topological polar surface area (TPSA) is 96.2 Å². The Labute approximate surface area is 139 Å². The van der Waals surface area contributed by atoms with Crippen LogP contribution in [0.15, 0.2) is 60.7 Å². The molecule has 0 aliphatic carbocycles. The first-order valence-electron chi connectivity index (χ1n) is 7.19. The Kier molecular flexibility index (Phi) is 5.81. The standard InChI is InChI=1S/C18H18O6/c1-23-15-8-7-12(11-14(15)19)18(22)16(9-10-17(20)21)24-13-5-3-2-4-6-13/h2-11,16,18-19,22H,1H3,(H,20,21)/b10-9+/t16-,18-/m1/s1. The maximum absolute atomic E-state index is 10.8. The maximum Gasteiger partial charge on any atom is 0.328 e. The first-order chi connectivity index (χ1) is 11.5. The van der Waals surface area contributed by atoms with Crippen molar-refractivity contribution < 1.29 is 29.6 Å². The molecule has 6 nitrogen and oxygen atoms in total. The molecule has 3 N–H and O–H groups in total. The summed E-state index contributed by atoms with van der Waals surface area (Å²) in [6.07, 6.45) is 0.0236. The Hall–Kier alpha value is -2.99. The Morgan fingerprint density at radius 2 is 1.88 bits per heavy atom. The van der Waals surface area contributed by atoms with Gasteiger partial charge in [0.2, 0.25) is 0 Å². The van der Waals surface area contributed by atoms with Crippen molar-refractivity contribution in [1.82, 2.24) is 0 Å². The number of phenolic OH excluding ortho intramolecular Hbond substituents is 1. The summed E-state index contributed by atoms with van der Waals surface area (Å²) in [5.74, 6) is -0.530. The van der Waals surface area contributed by atoms with Gasteiger partial charge in [-0.1, -0.05) is 24.3 Å². The van der Waals surface area contributed by atoms with Crippen molar-refractivity contribution in [3.63, 3.8) is 0 Å². The molecule has 0 aromatic heterocycles. The fourth-order valence-electron chi connectivity index (χ4n) is 2.12. The second-order valence-corrected chi connectivity index (χ2v) is 4.97. The van der Waals surface area contributed by atoms with Gasteiger partial charge in [-0.15, -0.1) is 0 Å². The lowest BCUT2D eigenvalue weighted by molar-refractivity contribution is -0.131. The lowest BCUT2D eigenvalue weighted by Gasteiger charge is -2.22. The van der Waals surface area contributed by atoms with Gasteiger partial charge in [-0.05, 0) is 35.9 Å². The monoisotopic (exact) mass is 330 g/mol. The molecule has 0 aliphatic rings. The Morgan fingerprint density at radius 1 is 1.17 bits per heavy atom. The molecule has 0 spiro atoms. The largest absolute Gasteiger partial charge is 0.504 e. The van der Waals surface area contributed by atoms with Crippen molar-refractivity contribution in [1.29, 1.82) is 0 Å². The number of ether oxygens (including phenoxy) is 2. The van der Waals surface area contributed by atoms with E-state index in [0.717, 1.165) is 6.08 Å². The molecule has 6 heteroatoms. The summed E-state index contributed by atoms with van der Waals surface area (Å²) in [5, 5.41) is 29.2. The molecule has 0 saturated carbocycles. The third-order valence-corrected chi connectivity index (χ3v) is 3.30. The zero-order valence-electron chi connectivity index (χ0n) is 13.0. The predicted octanol–water partition coefficient (Wildman–Crippen LogP) is 2.52. The van der Waals surface area contributed by atoms with Crippen molar-refractivity contribution >= 4 is 5.97 Å². The summed E-state index contributed by atoms with van der Waals surface area (Å²) in [7, 11) is 1.42. The van der Waals surface area contributed by atoms with Crippen LogP contribution in [0.5, 0.6) is 17.2 Å². The van der Waals surface area contributed by atoms with E-state index in [0.29, 0.717) is 11.3 Å². The number of benzene rings is 2. The number of hydrogen-bond donors (Lipinski definition) is 3. The van der Waals surface area contributed by atoms with E-state index in [1.807, 2.05) is 6.07 Å². The molecule has 0 amide bonds. The van der Waals surface area contributed by atoms with E-state index in [1.165, 1.54) is 25.3 Å². The fourth-order valence-corrected chi connectivity index (χ4v) is 2.12. The summed E-state index contributed by atoms with van der Waals surface area (Å²) in [5.41, 5.74) is 0.365. The third kappa shape index (κ3) is 4.50. The van der Waals surface area contributed by atoms with Gasteiger partial charge in [0.25, 0.3) is 0 Å². The molecule has 0 saturated heterocycles. The highest BCUT2D eigenvalue weighted by Gasteiger charge is 2.22. The number of carboxylic acid groups (broad SMARTS) is 1. The van der Waals surface area contributed by atoms with Gasteiger partial charge in [0, 0.05) is 6.08 Å². The van der Waals surface area contributed by atoms with Crippen molar-refractivity contribution in [2.75, 3.05) is 7.11 Å². The molecule has 0 aliphatic heterocycles.